The van der Waals surface area contributed by atoms with Crippen molar-refractivity contribution in [2.75, 3.05) is 11.1 Å². The Morgan fingerprint density at radius 3 is 2.27 bits per heavy atom. The Balaban J connectivity index is 2.19. The van der Waals surface area contributed by atoms with Gasteiger partial charge in [0.05, 0.1) is 4.90 Å². The second kappa shape index (κ2) is 7.96. The number of hydrogen-bond acceptors (Lipinski definition) is 6. The molecule has 2 aromatic rings. The van der Waals surface area contributed by atoms with Crippen LogP contribution in [0, 0.1) is 0 Å². The van der Waals surface area contributed by atoms with Gasteiger partial charge in [0.2, 0.25) is 10.0 Å². The van der Waals surface area contributed by atoms with Crippen molar-refractivity contribution in [3.8, 4) is 0 Å². The molecule has 0 radical (unpaired) electrons. The van der Waals surface area contributed by atoms with E-state index in [2.05, 4.69) is 10.0 Å². The van der Waals surface area contributed by atoms with Gasteiger partial charge < -0.3 is 15.6 Å². The quantitative estimate of drug-likeness (QED) is 0.319. The van der Waals surface area contributed by atoms with E-state index in [0.717, 1.165) is 0 Å². The topological polar surface area (TPSA) is 139 Å². The first-order valence-corrected chi connectivity index (χ1v) is 10.1. The van der Waals surface area contributed by atoms with Gasteiger partial charge in [-0.05, 0) is 56.3 Å². The molecule has 8 nitrogen and oxygen atoms in total. The van der Waals surface area contributed by atoms with Crippen molar-refractivity contribution < 1.29 is 22.0 Å². The third-order valence-corrected chi connectivity index (χ3v) is 5.94. The summed E-state index contributed by atoms with van der Waals surface area (Å²) in [6, 6.07) is 10.7. The van der Waals surface area contributed by atoms with E-state index in [0.29, 0.717) is 22.6 Å². The average molecular weight is 397 g/mol. The van der Waals surface area contributed by atoms with E-state index in [1.165, 1.54) is 26.0 Å². The molecule has 0 amide bonds. The minimum Gasteiger partial charge on any atom is -0.398 e. The van der Waals surface area contributed by atoms with Gasteiger partial charge in [-0.2, -0.15) is 4.72 Å². The Morgan fingerprint density at radius 1 is 1.15 bits per heavy atom. The van der Waals surface area contributed by atoms with Crippen LogP contribution in [0.3, 0.4) is 0 Å². The van der Waals surface area contributed by atoms with Crippen LogP contribution in [0.15, 0.2) is 47.4 Å². The highest BCUT2D eigenvalue weighted by Crippen LogP contribution is 2.23. The van der Waals surface area contributed by atoms with Crippen LogP contribution in [-0.2, 0) is 21.1 Å². The van der Waals surface area contributed by atoms with Crippen LogP contribution in [0.2, 0.25) is 0 Å². The van der Waals surface area contributed by atoms with Gasteiger partial charge >= 0.3 is 0 Å². The minimum absolute atomic E-state index is 0.0397. The first-order chi connectivity index (χ1) is 12.1. The van der Waals surface area contributed by atoms with Crippen molar-refractivity contribution in [1.82, 2.24) is 4.72 Å². The second-order valence-electron chi connectivity index (χ2n) is 5.55. The minimum atomic E-state index is -3.91. The lowest BCUT2D eigenvalue weighted by molar-refractivity contribution is 0.101. The molecule has 2 rings (SSSR count). The summed E-state index contributed by atoms with van der Waals surface area (Å²) in [5, 5.41) is 1.93. The maximum Gasteiger partial charge on any atom is 0.241 e. The summed E-state index contributed by atoms with van der Waals surface area (Å²) < 4.78 is 46.2. The lowest BCUT2D eigenvalue weighted by atomic mass is 10.1. The molecule has 2 aromatic carbocycles. The Kier molecular flexibility index (Phi) is 6.13. The summed E-state index contributed by atoms with van der Waals surface area (Å²) in [5.74, 6) is -0.158. The lowest BCUT2D eigenvalue weighted by Crippen LogP contribution is -2.35. The molecule has 0 spiro atoms. The van der Waals surface area contributed by atoms with Crippen LogP contribution in [0.1, 0.15) is 24.2 Å². The predicted octanol–water partition coefficient (Wildman–Crippen LogP) is 2.06. The van der Waals surface area contributed by atoms with Gasteiger partial charge in [0.1, 0.15) is 5.37 Å². The van der Waals surface area contributed by atoms with Crippen LogP contribution >= 0.6 is 0 Å². The van der Waals surface area contributed by atoms with Crippen LogP contribution in [-0.4, -0.2) is 28.3 Å². The molecule has 26 heavy (non-hydrogen) atoms. The molecule has 2 atom stereocenters. The summed E-state index contributed by atoms with van der Waals surface area (Å²) in [6.45, 7) is 2.71. The van der Waals surface area contributed by atoms with Gasteiger partial charge in [-0.15, -0.1) is 0 Å². The van der Waals surface area contributed by atoms with Crippen molar-refractivity contribution >= 4 is 43.9 Å². The summed E-state index contributed by atoms with van der Waals surface area (Å²) in [6.07, 6.45) is 0. The number of sulfonamides is 1. The molecule has 140 valence electrons. The molecule has 0 aliphatic rings. The first-order valence-electron chi connectivity index (χ1n) is 7.49. The molecule has 0 aliphatic heterocycles. The van der Waals surface area contributed by atoms with Gasteiger partial charge in [0, 0.05) is 22.6 Å². The van der Waals surface area contributed by atoms with Crippen LogP contribution < -0.4 is 15.8 Å². The fourth-order valence-electron chi connectivity index (χ4n) is 2.15. The maximum atomic E-state index is 12.1. The molecule has 2 unspecified atom stereocenters. The number of nitrogens with one attached hydrogen (secondary N) is 2. The zero-order valence-electron chi connectivity index (χ0n) is 14.1. The highest BCUT2D eigenvalue weighted by Gasteiger charge is 2.20. The van der Waals surface area contributed by atoms with Crippen molar-refractivity contribution in [3.05, 3.63) is 48.0 Å². The summed E-state index contributed by atoms with van der Waals surface area (Å²) in [5.41, 5.74) is 7.75. The molecule has 0 bridgehead atoms. The largest absolute Gasteiger partial charge is 0.398 e. The molecule has 0 saturated carbocycles. The standard InChI is InChI=1S/C16H19N3O5S2/c1-10(20)15-9-13(5-8-16(15)17)18-12-3-6-14(7-4-12)26(23,24)19-11(2)25(21)22/h3-9,11,18-19H,17H2,1-2H3,(H,21,22). The molecule has 0 heterocycles. The number of anilines is 3. The third kappa shape index (κ3) is 4.88. The van der Waals surface area contributed by atoms with E-state index in [4.69, 9.17) is 10.3 Å². The Bertz CT molecular complexity index is 943. The monoisotopic (exact) mass is 397 g/mol. The lowest BCUT2D eigenvalue weighted by Gasteiger charge is -2.12. The van der Waals surface area contributed by atoms with Gasteiger partial charge in [0.25, 0.3) is 0 Å². The summed E-state index contributed by atoms with van der Waals surface area (Å²) in [4.78, 5) is 11.5. The average Bonchev–Trinajstić information content (AvgIpc) is 2.56. The maximum absolute atomic E-state index is 12.1. The molecular formula is C16H19N3O5S2. The zero-order chi connectivity index (χ0) is 19.5. The fourth-order valence-corrected chi connectivity index (χ4v) is 3.93. The Labute approximate surface area is 154 Å². The van der Waals surface area contributed by atoms with Gasteiger partial charge in [0.15, 0.2) is 16.9 Å². The normalized spacial score (nSPS) is 13.8. The van der Waals surface area contributed by atoms with Crippen LogP contribution in [0.5, 0.6) is 0 Å². The first kappa shape index (κ1) is 20.0. The van der Waals surface area contributed by atoms with Crippen molar-refractivity contribution in [2.24, 2.45) is 0 Å². The highest BCUT2D eigenvalue weighted by atomic mass is 32.2. The molecule has 0 fully saturated rings. The van der Waals surface area contributed by atoms with Crippen molar-refractivity contribution in [1.29, 1.82) is 0 Å². The van der Waals surface area contributed by atoms with E-state index >= 15 is 0 Å². The Hall–Kier alpha value is -2.27. The number of benzene rings is 2. The predicted molar refractivity (Wildman–Crippen MR) is 101 cm³/mol. The summed E-state index contributed by atoms with van der Waals surface area (Å²) in [7, 11) is -3.91. The summed E-state index contributed by atoms with van der Waals surface area (Å²) >= 11 is -2.31. The molecular weight excluding hydrogens is 378 g/mol. The van der Waals surface area contributed by atoms with Crippen molar-refractivity contribution in [2.45, 2.75) is 24.1 Å². The number of nitrogens with two attached hydrogens (primary N) is 1. The fraction of sp³-hybridized carbons (Fsp3) is 0.188. The van der Waals surface area contributed by atoms with Gasteiger partial charge in [-0.25, -0.2) is 12.6 Å². The molecule has 10 heteroatoms. The van der Waals surface area contributed by atoms with Crippen molar-refractivity contribution in [3.63, 3.8) is 0 Å². The molecule has 0 aromatic heterocycles. The third-order valence-electron chi connectivity index (χ3n) is 3.51. The number of nitrogen functional groups attached to an aromatic ring is 1. The highest BCUT2D eigenvalue weighted by molar-refractivity contribution is 7.90. The van der Waals surface area contributed by atoms with E-state index in [1.54, 1.807) is 30.3 Å². The van der Waals surface area contributed by atoms with E-state index in [1.807, 2.05) is 0 Å². The van der Waals surface area contributed by atoms with E-state index < -0.39 is 26.5 Å². The number of Topliss-reactive ketones (excluding diaryl/α,β-unsaturated/α-hetero) is 1. The SMILES string of the molecule is CC(=O)c1cc(Nc2ccc(S(=O)(=O)NC(C)S(=O)O)cc2)ccc1N. The van der Waals surface area contributed by atoms with Gasteiger partial charge in [-0.3, -0.25) is 4.79 Å². The molecule has 5 N–H and O–H groups in total. The molecule has 0 saturated heterocycles. The number of rotatable bonds is 7. The smallest absolute Gasteiger partial charge is 0.241 e. The second-order valence-corrected chi connectivity index (χ2v) is 8.52. The molecule has 0 aliphatic carbocycles. The zero-order valence-corrected chi connectivity index (χ0v) is 15.7. The van der Waals surface area contributed by atoms with Crippen LogP contribution in [0.25, 0.3) is 0 Å². The number of ketones is 1. The van der Waals surface area contributed by atoms with E-state index in [-0.39, 0.29) is 10.7 Å². The van der Waals surface area contributed by atoms with Crippen LogP contribution in [0.4, 0.5) is 17.1 Å². The Morgan fingerprint density at radius 2 is 1.73 bits per heavy atom. The van der Waals surface area contributed by atoms with E-state index in [9.17, 15) is 17.4 Å². The number of carbonyl (C=O) groups excluding carboxylic acids is 1. The number of carbonyl (C=O) groups is 1. The number of hydrogen-bond donors (Lipinski definition) is 4. The van der Waals surface area contributed by atoms with Gasteiger partial charge in [-0.1, -0.05) is 0 Å².